The Bertz CT molecular complexity index is 223. The highest BCUT2D eigenvalue weighted by molar-refractivity contribution is 5.75. The summed E-state index contributed by atoms with van der Waals surface area (Å²) in [6.45, 7) is 4.55. The standard InChI is InChI=1S/C11H23N3O2/c1-9(2-3-11(16)13-12)14-6-4-10(8-14)5-7-15/h9-10,15H,2-8,12H2,1H3,(H,13,16). The highest BCUT2D eigenvalue weighted by Gasteiger charge is 2.25. The maximum Gasteiger partial charge on any atom is 0.233 e. The summed E-state index contributed by atoms with van der Waals surface area (Å²) in [5, 5.41) is 8.87. The van der Waals surface area contributed by atoms with E-state index in [9.17, 15) is 4.79 Å². The van der Waals surface area contributed by atoms with Crippen LogP contribution in [0.25, 0.3) is 0 Å². The number of carbonyl (C=O) groups excluding carboxylic acids is 1. The third kappa shape index (κ3) is 4.08. The van der Waals surface area contributed by atoms with Crippen molar-refractivity contribution in [1.82, 2.24) is 10.3 Å². The lowest BCUT2D eigenvalue weighted by Crippen LogP contribution is -2.34. The van der Waals surface area contributed by atoms with Gasteiger partial charge >= 0.3 is 0 Å². The van der Waals surface area contributed by atoms with Crippen molar-refractivity contribution in [3.63, 3.8) is 0 Å². The largest absolute Gasteiger partial charge is 0.396 e. The van der Waals surface area contributed by atoms with Gasteiger partial charge in [-0.3, -0.25) is 10.2 Å². The van der Waals surface area contributed by atoms with Gasteiger partial charge in [0, 0.05) is 25.6 Å². The molecule has 0 aromatic carbocycles. The summed E-state index contributed by atoms with van der Waals surface area (Å²) in [5.41, 5.74) is 2.15. The van der Waals surface area contributed by atoms with Crippen LogP contribution in [0, 0.1) is 5.92 Å². The van der Waals surface area contributed by atoms with Crippen molar-refractivity contribution in [2.75, 3.05) is 19.7 Å². The number of nitrogens with two attached hydrogens (primary N) is 1. The minimum Gasteiger partial charge on any atom is -0.396 e. The quantitative estimate of drug-likeness (QED) is 0.336. The molecular formula is C11H23N3O2. The number of rotatable bonds is 6. The second kappa shape index (κ2) is 6.83. The zero-order valence-corrected chi connectivity index (χ0v) is 9.98. The summed E-state index contributed by atoms with van der Waals surface area (Å²) < 4.78 is 0. The van der Waals surface area contributed by atoms with E-state index in [0.717, 1.165) is 32.4 Å². The molecule has 0 aromatic heterocycles. The number of likely N-dealkylation sites (tertiary alicyclic amines) is 1. The number of nitrogens with one attached hydrogen (secondary N) is 1. The molecule has 1 aliphatic rings. The molecule has 2 atom stereocenters. The number of hydrogen-bond acceptors (Lipinski definition) is 4. The summed E-state index contributed by atoms with van der Waals surface area (Å²) in [6.07, 6.45) is 3.38. The van der Waals surface area contributed by atoms with Gasteiger partial charge in [0.1, 0.15) is 0 Å². The Balaban J connectivity index is 2.22. The first kappa shape index (κ1) is 13.4. The minimum atomic E-state index is -0.0991. The number of amides is 1. The molecule has 0 radical (unpaired) electrons. The predicted molar refractivity (Wildman–Crippen MR) is 62.4 cm³/mol. The molecule has 5 nitrogen and oxygen atoms in total. The predicted octanol–water partition coefficient (Wildman–Crippen LogP) is -0.151. The number of carbonyl (C=O) groups is 1. The maximum atomic E-state index is 11.0. The summed E-state index contributed by atoms with van der Waals surface area (Å²) in [6, 6.07) is 0.418. The second-order valence-corrected chi connectivity index (χ2v) is 4.62. The van der Waals surface area contributed by atoms with Crippen molar-refractivity contribution < 1.29 is 9.90 Å². The lowest BCUT2D eigenvalue weighted by atomic mass is 10.1. The summed E-state index contributed by atoms with van der Waals surface area (Å²) in [7, 11) is 0. The van der Waals surface area contributed by atoms with Gasteiger partial charge in [0.2, 0.25) is 5.91 Å². The first-order valence-corrected chi connectivity index (χ1v) is 6.01. The highest BCUT2D eigenvalue weighted by atomic mass is 16.3. The van der Waals surface area contributed by atoms with E-state index in [1.165, 1.54) is 0 Å². The molecule has 0 saturated carbocycles. The number of nitrogens with zero attached hydrogens (tertiary/aromatic N) is 1. The number of hydrogen-bond donors (Lipinski definition) is 3. The van der Waals surface area contributed by atoms with Gasteiger partial charge in [0.15, 0.2) is 0 Å². The van der Waals surface area contributed by atoms with E-state index in [2.05, 4.69) is 17.2 Å². The molecule has 1 rings (SSSR count). The normalized spacial score (nSPS) is 23.3. The van der Waals surface area contributed by atoms with Gasteiger partial charge in [-0.05, 0) is 38.6 Å². The van der Waals surface area contributed by atoms with Crippen LogP contribution >= 0.6 is 0 Å². The van der Waals surface area contributed by atoms with Crippen molar-refractivity contribution >= 4 is 5.91 Å². The number of hydrazine groups is 1. The average Bonchev–Trinajstić information content (AvgIpc) is 2.74. The van der Waals surface area contributed by atoms with E-state index in [1.54, 1.807) is 0 Å². The first-order chi connectivity index (χ1) is 7.67. The Morgan fingerprint density at radius 1 is 1.69 bits per heavy atom. The molecular weight excluding hydrogens is 206 g/mol. The van der Waals surface area contributed by atoms with Crippen LogP contribution < -0.4 is 11.3 Å². The molecule has 4 N–H and O–H groups in total. The van der Waals surface area contributed by atoms with Crippen LogP contribution in [0.2, 0.25) is 0 Å². The van der Waals surface area contributed by atoms with Gasteiger partial charge in [-0.1, -0.05) is 0 Å². The fourth-order valence-electron chi connectivity index (χ4n) is 2.28. The molecule has 2 unspecified atom stereocenters. The molecule has 0 aliphatic carbocycles. The van der Waals surface area contributed by atoms with Crippen LogP contribution in [0.1, 0.15) is 32.6 Å². The average molecular weight is 229 g/mol. The van der Waals surface area contributed by atoms with Gasteiger partial charge in [-0.2, -0.15) is 0 Å². The zero-order chi connectivity index (χ0) is 12.0. The van der Waals surface area contributed by atoms with Gasteiger partial charge in [0.25, 0.3) is 0 Å². The Kier molecular flexibility index (Phi) is 5.73. The topological polar surface area (TPSA) is 78.6 Å². The lowest BCUT2D eigenvalue weighted by Gasteiger charge is -2.24. The molecule has 16 heavy (non-hydrogen) atoms. The smallest absolute Gasteiger partial charge is 0.233 e. The van der Waals surface area contributed by atoms with E-state index >= 15 is 0 Å². The Labute approximate surface area is 97.0 Å². The van der Waals surface area contributed by atoms with Crippen molar-refractivity contribution in [2.24, 2.45) is 11.8 Å². The summed E-state index contributed by atoms with van der Waals surface area (Å²) >= 11 is 0. The van der Waals surface area contributed by atoms with Crippen LogP contribution in [0.3, 0.4) is 0 Å². The van der Waals surface area contributed by atoms with E-state index in [0.29, 0.717) is 18.4 Å². The lowest BCUT2D eigenvalue weighted by molar-refractivity contribution is -0.121. The fourth-order valence-corrected chi connectivity index (χ4v) is 2.28. The number of aliphatic hydroxyl groups excluding tert-OH is 1. The van der Waals surface area contributed by atoms with Crippen molar-refractivity contribution in [3.8, 4) is 0 Å². The summed E-state index contributed by atoms with van der Waals surface area (Å²) in [4.78, 5) is 13.4. The van der Waals surface area contributed by atoms with Crippen LogP contribution in [0.4, 0.5) is 0 Å². The highest BCUT2D eigenvalue weighted by Crippen LogP contribution is 2.22. The molecule has 1 amide bonds. The summed E-state index contributed by atoms with van der Waals surface area (Å²) in [5.74, 6) is 5.55. The SMILES string of the molecule is CC(CCC(=O)NN)N1CCC(CCO)C1. The van der Waals surface area contributed by atoms with Gasteiger partial charge in [0.05, 0.1) is 0 Å². The van der Waals surface area contributed by atoms with Gasteiger partial charge < -0.3 is 10.0 Å². The van der Waals surface area contributed by atoms with Crippen LogP contribution in [0.5, 0.6) is 0 Å². The Hall–Kier alpha value is -0.650. The molecule has 1 aliphatic heterocycles. The molecule has 1 heterocycles. The van der Waals surface area contributed by atoms with E-state index < -0.39 is 0 Å². The maximum absolute atomic E-state index is 11.0. The van der Waals surface area contributed by atoms with Gasteiger partial charge in [-0.15, -0.1) is 0 Å². The molecule has 1 fully saturated rings. The monoisotopic (exact) mass is 229 g/mol. The van der Waals surface area contributed by atoms with Gasteiger partial charge in [-0.25, -0.2) is 5.84 Å². The zero-order valence-electron chi connectivity index (χ0n) is 9.98. The number of aliphatic hydroxyl groups is 1. The van der Waals surface area contributed by atoms with E-state index in [4.69, 9.17) is 10.9 Å². The molecule has 5 heteroatoms. The Morgan fingerprint density at radius 3 is 3.06 bits per heavy atom. The van der Waals surface area contributed by atoms with E-state index in [1.807, 2.05) is 0 Å². The molecule has 1 saturated heterocycles. The van der Waals surface area contributed by atoms with Crippen molar-refractivity contribution in [1.29, 1.82) is 0 Å². The third-order valence-corrected chi connectivity index (χ3v) is 3.43. The molecule has 0 spiro atoms. The Morgan fingerprint density at radius 2 is 2.44 bits per heavy atom. The van der Waals surface area contributed by atoms with Crippen LogP contribution in [0.15, 0.2) is 0 Å². The van der Waals surface area contributed by atoms with Crippen LogP contribution in [-0.4, -0.2) is 41.7 Å². The first-order valence-electron chi connectivity index (χ1n) is 6.01. The second-order valence-electron chi connectivity index (χ2n) is 4.62. The molecule has 94 valence electrons. The van der Waals surface area contributed by atoms with Crippen LogP contribution in [-0.2, 0) is 4.79 Å². The fraction of sp³-hybridized carbons (Fsp3) is 0.909. The minimum absolute atomic E-state index is 0.0991. The third-order valence-electron chi connectivity index (χ3n) is 3.43. The van der Waals surface area contributed by atoms with Crippen molar-refractivity contribution in [2.45, 2.75) is 38.6 Å². The molecule has 0 aromatic rings. The van der Waals surface area contributed by atoms with E-state index in [-0.39, 0.29) is 12.5 Å². The van der Waals surface area contributed by atoms with Crippen molar-refractivity contribution in [3.05, 3.63) is 0 Å². The molecule has 0 bridgehead atoms.